The third-order valence-corrected chi connectivity index (χ3v) is 10.0. The van der Waals surface area contributed by atoms with Gasteiger partial charge in [0.2, 0.25) is 0 Å². The number of thiocarbonyl (C=S) groups is 1. The van der Waals surface area contributed by atoms with E-state index in [0.717, 1.165) is 94.7 Å². The number of carbonyl (C=O) groups excluding carboxylic acids is 2. The number of methoxy groups -OCH3 is 1. The molecular weight excluding hydrogens is 840 g/mol. The van der Waals surface area contributed by atoms with Crippen molar-refractivity contribution < 1.29 is 40.7 Å². The number of carbonyl (C=O) groups is 2. The summed E-state index contributed by atoms with van der Waals surface area (Å²) >= 11 is 10.4. The van der Waals surface area contributed by atoms with E-state index in [1.807, 2.05) is 6.07 Å². The molecule has 332 valence electrons. The van der Waals surface area contributed by atoms with Crippen LogP contribution in [-0.2, 0) is 17.1 Å². The van der Waals surface area contributed by atoms with Gasteiger partial charge in [-0.25, -0.2) is 0 Å². The van der Waals surface area contributed by atoms with Gasteiger partial charge in [-0.1, -0.05) is 87.1 Å². The van der Waals surface area contributed by atoms with Crippen LogP contribution in [0.25, 0.3) is 0 Å². The summed E-state index contributed by atoms with van der Waals surface area (Å²) in [5.74, 6) is -0.423. The lowest BCUT2D eigenvalue weighted by Crippen LogP contribution is -2.35. The molecule has 4 aromatic rings. The molecule has 0 saturated carbocycles. The first kappa shape index (κ1) is 50.5. The minimum absolute atomic E-state index is 0.0449. The number of hydrogen-bond acceptors (Lipinski definition) is 7. The molecule has 0 atom stereocenters. The van der Waals surface area contributed by atoms with Crippen LogP contribution < -0.4 is 26.2 Å². The second-order valence-corrected chi connectivity index (χ2v) is 15.1. The zero-order valence-electron chi connectivity index (χ0n) is 34.4. The Morgan fingerprint density at radius 3 is 1.43 bits per heavy atom. The fraction of sp³-hybridized carbons (Fsp3) is 0.400. The van der Waals surface area contributed by atoms with Crippen molar-refractivity contribution >= 4 is 62.8 Å². The van der Waals surface area contributed by atoms with Crippen LogP contribution >= 0.6 is 23.8 Å². The molecule has 2 heterocycles. The zero-order chi connectivity index (χ0) is 44.8. The van der Waals surface area contributed by atoms with Gasteiger partial charge in [0, 0.05) is 51.5 Å². The predicted molar refractivity (Wildman–Crippen MR) is 238 cm³/mol. The average molecular weight is 894 g/mol. The first-order valence-corrected chi connectivity index (χ1v) is 20.8. The molecule has 4 aromatic carbocycles. The van der Waals surface area contributed by atoms with Crippen molar-refractivity contribution in [3.63, 3.8) is 0 Å². The Morgan fingerprint density at radius 2 is 1.02 bits per heavy atom. The van der Waals surface area contributed by atoms with E-state index in [2.05, 4.69) is 25.2 Å². The van der Waals surface area contributed by atoms with E-state index in [0.29, 0.717) is 16.8 Å². The summed E-state index contributed by atoms with van der Waals surface area (Å²) in [5, 5.41) is 4.90. The van der Waals surface area contributed by atoms with Crippen LogP contribution in [0.3, 0.4) is 0 Å². The van der Waals surface area contributed by atoms with Crippen LogP contribution in [0.2, 0.25) is 0 Å². The first-order chi connectivity index (χ1) is 29.0. The molecule has 0 unspecified atom stereocenters. The van der Waals surface area contributed by atoms with Gasteiger partial charge in [0.05, 0.1) is 33.9 Å². The second kappa shape index (κ2) is 25.8. The summed E-state index contributed by atoms with van der Waals surface area (Å²) in [6.07, 6.45) is 2.29. The number of rotatable bonds is 5. The highest BCUT2D eigenvalue weighted by atomic mass is 35.5. The maximum Gasteiger partial charge on any atom is 0.416 e. The van der Waals surface area contributed by atoms with Crippen LogP contribution in [-0.4, -0.2) is 56.7 Å². The Morgan fingerprint density at radius 1 is 0.623 bits per heavy atom. The van der Waals surface area contributed by atoms with Crippen molar-refractivity contribution in [2.45, 2.75) is 76.6 Å². The summed E-state index contributed by atoms with van der Waals surface area (Å²) in [6, 6.07) is 24.5. The lowest BCUT2D eigenvalue weighted by Gasteiger charge is -2.29. The van der Waals surface area contributed by atoms with Crippen molar-refractivity contribution in [1.29, 1.82) is 0 Å². The highest BCUT2D eigenvalue weighted by Gasteiger charge is 2.32. The summed E-state index contributed by atoms with van der Waals surface area (Å²) in [4.78, 5) is 26.9. The Kier molecular flexibility index (Phi) is 21.4. The third-order valence-electron chi connectivity index (χ3n) is 9.58. The molecule has 0 aliphatic carbocycles. The molecule has 6 rings (SSSR count). The number of anilines is 4. The summed E-state index contributed by atoms with van der Waals surface area (Å²) < 4.78 is 81.9. The number of nitrogens with two attached hydrogens (primary N) is 1. The van der Waals surface area contributed by atoms with Gasteiger partial charge in [-0.3, -0.25) is 14.9 Å². The lowest BCUT2D eigenvalue weighted by molar-refractivity contribution is -0.138. The van der Waals surface area contributed by atoms with Crippen LogP contribution in [0.5, 0.6) is 0 Å². The SMILES string of the molecule is COC.Nc1cc(C(F)(F)F)ccc1N1CCCCCCC1.O=C(Cl)c1ccccc1.O=C(NC(=S)Nc1cc(C(F)(F)F)ccc1N1CCCCCCC1)c1ccccc1. The highest BCUT2D eigenvalue weighted by Crippen LogP contribution is 2.37. The van der Waals surface area contributed by atoms with Crippen molar-refractivity contribution in [2.24, 2.45) is 0 Å². The van der Waals surface area contributed by atoms with Gasteiger partial charge in [0.1, 0.15) is 0 Å². The summed E-state index contributed by atoms with van der Waals surface area (Å²) in [6.45, 7) is 3.28. The van der Waals surface area contributed by atoms with E-state index in [1.165, 1.54) is 37.8 Å². The number of ether oxygens (including phenoxy) is 1. The number of nitrogens with zero attached hydrogens (tertiary/aromatic N) is 2. The Labute approximate surface area is 364 Å². The fourth-order valence-electron chi connectivity index (χ4n) is 6.57. The largest absolute Gasteiger partial charge is 0.416 e. The van der Waals surface area contributed by atoms with E-state index in [1.54, 1.807) is 68.8 Å². The number of alkyl halides is 6. The number of nitrogens with one attached hydrogen (secondary N) is 2. The van der Waals surface area contributed by atoms with Gasteiger partial charge in [0.25, 0.3) is 11.1 Å². The standard InChI is InChI=1S/C22H24F3N3OS.C14H19F3N2.C7H5ClO.C2H6O/c23-22(24,25)17-11-12-19(28-13-7-2-1-3-8-14-28)18(15-17)26-21(30)27-20(29)16-9-5-4-6-10-16;15-14(16,17)11-6-7-13(12(18)10-11)19-8-4-2-1-3-5-9-19;8-7(9)6-4-2-1-3-5-6;1-3-2/h4-6,9-12,15H,1-3,7-8,13-14H2,(H2,26,27,29,30);6-7,10H,1-5,8-9,18H2;1-5H;1-2H3. The van der Waals surface area contributed by atoms with Crippen LogP contribution in [0.4, 0.5) is 49.1 Å². The molecule has 0 aromatic heterocycles. The van der Waals surface area contributed by atoms with Crippen molar-refractivity contribution in [2.75, 3.05) is 61.2 Å². The molecule has 16 heteroatoms. The van der Waals surface area contributed by atoms with Gasteiger partial charge < -0.3 is 25.6 Å². The molecular formula is C45H54ClF6N5O3S. The number of halogens is 7. The average Bonchev–Trinajstić information content (AvgIpc) is 3.19. The second-order valence-electron chi connectivity index (χ2n) is 14.3. The molecule has 0 spiro atoms. The van der Waals surface area contributed by atoms with Gasteiger partial charge in [-0.2, -0.15) is 26.3 Å². The van der Waals surface area contributed by atoms with Gasteiger partial charge in [-0.05, 0) is 98.0 Å². The molecule has 2 saturated heterocycles. The summed E-state index contributed by atoms with van der Waals surface area (Å²) in [5.41, 5.74) is 7.15. The molecule has 61 heavy (non-hydrogen) atoms. The van der Waals surface area contributed by atoms with E-state index in [-0.39, 0.29) is 16.5 Å². The van der Waals surface area contributed by atoms with Crippen LogP contribution in [0, 0.1) is 0 Å². The predicted octanol–water partition coefficient (Wildman–Crippen LogP) is 12.0. The highest BCUT2D eigenvalue weighted by molar-refractivity contribution is 7.80. The Bertz CT molecular complexity index is 1940. The maximum absolute atomic E-state index is 13.3. The van der Waals surface area contributed by atoms with Gasteiger partial charge in [0.15, 0.2) is 5.11 Å². The van der Waals surface area contributed by atoms with Crippen LogP contribution in [0.15, 0.2) is 97.1 Å². The molecule has 2 aliphatic heterocycles. The maximum atomic E-state index is 13.3. The molecule has 4 N–H and O–H groups in total. The van der Waals surface area contributed by atoms with Gasteiger partial charge in [-0.15, -0.1) is 0 Å². The zero-order valence-corrected chi connectivity index (χ0v) is 36.0. The van der Waals surface area contributed by atoms with Crippen LogP contribution in [0.1, 0.15) is 96.1 Å². The minimum Gasteiger partial charge on any atom is -0.397 e. The molecule has 0 radical (unpaired) electrons. The van der Waals surface area contributed by atoms with Crippen molar-refractivity contribution in [3.8, 4) is 0 Å². The molecule has 1 amide bonds. The van der Waals surface area contributed by atoms with Gasteiger partial charge >= 0.3 is 12.4 Å². The lowest BCUT2D eigenvalue weighted by atomic mass is 10.1. The van der Waals surface area contributed by atoms with Crippen molar-refractivity contribution in [1.82, 2.24) is 5.32 Å². The van der Waals surface area contributed by atoms with Crippen molar-refractivity contribution in [3.05, 3.63) is 119 Å². The Balaban J connectivity index is 0.000000270. The van der Waals surface area contributed by atoms with E-state index in [4.69, 9.17) is 29.6 Å². The topological polar surface area (TPSA) is 99.9 Å². The van der Waals surface area contributed by atoms with E-state index >= 15 is 0 Å². The minimum atomic E-state index is -4.47. The normalized spacial score (nSPS) is 14.6. The monoisotopic (exact) mass is 893 g/mol. The number of amides is 1. The molecule has 0 bridgehead atoms. The number of benzene rings is 4. The smallest absolute Gasteiger partial charge is 0.397 e. The molecule has 8 nitrogen and oxygen atoms in total. The summed E-state index contributed by atoms with van der Waals surface area (Å²) in [7, 11) is 3.25. The Hall–Kier alpha value is -4.86. The van der Waals surface area contributed by atoms with E-state index < -0.39 is 34.6 Å². The quantitative estimate of drug-likeness (QED) is 0.0788. The molecule has 2 aliphatic rings. The third kappa shape index (κ3) is 17.9. The number of hydrogen-bond donors (Lipinski definition) is 3. The molecule has 2 fully saturated rings. The fourth-order valence-corrected chi connectivity index (χ4v) is 6.90. The first-order valence-electron chi connectivity index (χ1n) is 20.0. The van der Waals surface area contributed by atoms with E-state index in [9.17, 15) is 35.9 Å². The number of nitrogen functional groups attached to an aromatic ring is 1.